The van der Waals surface area contributed by atoms with Crippen LogP contribution in [-0.4, -0.2) is 58.7 Å². The zero-order valence-electron chi connectivity index (χ0n) is 15.4. The molecule has 8 nitrogen and oxygen atoms in total. The van der Waals surface area contributed by atoms with Crippen molar-refractivity contribution in [1.82, 2.24) is 20.0 Å². The second kappa shape index (κ2) is 9.15. The van der Waals surface area contributed by atoms with Crippen molar-refractivity contribution in [1.29, 1.82) is 0 Å². The van der Waals surface area contributed by atoms with E-state index in [1.54, 1.807) is 12.4 Å². The molecule has 1 saturated heterocycles. The second-order valence-corrected chi connectivity index (χ2v) is 6.36. The molecule has 0 bridgehead atoms. The van der Waals surface area contributed by atoms with Gasteiger partial charge in [0.05, 0.1) is 5.69 Å². The van der Waals surface area contributed by atoms with Crippen LogP contribution in [0.3, 0.4) is 0 Å². The van der Waals surface area contributed by atoms with Gasteiger partial charge in [0.1, 0.15) is 5.76 Å². The zero-order valence-corrected chi connectivity index (χ0v) is 17.8. The number of nitrogens with two attached hydrogens (primary N) is 1. The van der Waals surface area contributed by atoms with Crippen LogP contribution >= 0.6 is 24.0 Å². The summed E-state index contributed by atoms with van der Waals surface area (Å²) in [7, 11) is 0. The Morgan fingerprint density at radius 2 is 1.88 bits per heavy atom. The lowest BCUT2D eigenvalue weighted by atomic mass is 10.00. The Hall–Kier alpha value is -1.91. The maximum Gasteiger partial charge on any atom is 0.225 e. The van der Waals surface area contributed by atoms with Crippen LogP contribution in [0, 0.1) is 13.8 Å². The average molecular weight is 471 g/mol. The van der Waals surface area contributed by atoms with Crippen LogP contribution in [-0.2, 0) is 0 Å². The number of aromatic nitrogens is 3. The summed E-state index contributed by atoms with van der Waals surface area (Å²) in [6.45, 7) is 9.93. The minimum atomic E-state index is 0. The van der Waals surface area contributed by atoms with E-state index < -0.39 is 0 Å². The predicted molar refractivity (Wildman–Crippen MR) is 112 cm³/mol. The Kier molecular flexibility index (Phi) is 7.18. The molecular formula is C17H26IN7O. The highest BCUT2D eigenvalue weighted by molar-refractivity contribution is 14.0. The maximum atomic E-state index is 6.20. The van der Waals surface area contributed by atoms with Gasteiger partial charge in [0.25, 0.3) is 0 Å². The first-order valence-electron chi connectivity index (χ1n) is 8.56. The van der Waals surface area contributed by atoms with Crippen LogP contribution in [0.2, 0.25) is 0 Å². The van der Waals surface area contributed by atoms with Crippen molar-refractivity contribution in [2.45, 2.75) is 26.7 Å². The van der Waals surface area contributed by atoms with E-state index in [0.29, 0.717) is 12.5 Å². The number of rotatable bonds is 4. The van der Waals surface area contributed by atoms with Crippen LogP contribution in [0.25, 0.3) is 0 Å². The predicted octanol–water partition coefficient (Wildman–Crippen LogP) is 1.94. The first-order valence-corrected chi connectivity index (χ1v) is 8.56. The summed E-state index contributed by atoms with van der Waals surface area (Å²) in [5, 5.41) is 4.01. The molecule has 1 fully saturated rings. The number of guanidine groups is 1. The average Bonchev–Trinajstić information content (AvgIpc) is 2.99. The number of hydrogen-bond donors (Lipinski definition) is 1. The summed E-state index contributed by atoms with van der Waals surface area (Å²) in [6.07, 6.45) is 3.53. The largest absolute Gasteiger partial charge is 0.370 e. The smallest absolute Gasteiger partial charge is 0.225 e. The van der Waals surface area contributed by atoms with Gasteiger partial charge in [-0.3, -0.25) is 4.99 Å². The lowest BCUT2D eigenvalue weighted by Crippen LogP contribution is -2.51. The number of piperazine rings is 1. The quantitative estimate of drug-likeness (QED) is 0.414. The van der Waals surface area contributed by atoms with Gasteiger partial charge in [0, 0.05) is 56.6 Å². The van der Waals surface area contributed by atoms with E-state index in [4.69, 9.17) is 10.3 Å². The van der Waals surface area contributed by atoms with E-state index in [1.165, 1.54) is 0 Å². The van der Waals surface area contributed by atoms with Crippen LogP contribution < -0.4 is 10.6 Å². The maximum absolute atomic E-state index is 6.20. The van der Waals surface area contributed by atoms with Crippen LogP contribution in [0.15, 0.2) is 28.0 Å². The van der Waals surface area contributed by atoms with Crippen LogP contribution in [0.4, 0.5) is 5.95 Å². The molecule has 0 radical (unpaired) electrons. The van der Waals surface area contributed by atoms with E-state index >= 15 is 0 Å². The molecule has 9 heteroatoms. The van der Waals surface area contributed by atoms with E-state index in [0.717, 1.165) is 49.1 Å². The molecule has 3 heterocycles. The summed E-state index contributed by atoms with van der Waals surface area (Å²) >= 11 is 0. The molecule has 1 atom stereocenters. The molecule has 3 rings (SSSR count). The number of aryl methyl sites for hydroxylation is 2. The van der Waals surface area contributed by atoms with Gasteiger partial charge in [-0.25, -0.2) is 9.97 Å². The van der Waals surface area contributed by atoms with Crippen LogP contribution in [0.5, 0.6) is 0 Å². The highest BCUT2D eigenvalue weighted by atomic mass is 127. The molecule has 2 aromatic rings. The normalized spacial score (nSPS) is 16.3. The van der Waals surface area contributed by atoms with Gasteiger partial charge < -0.3 is 20.1 Å². The molecule has 1 unspecified atom stereocenters. The molecular weight excluding hydrogens is 445 g/mol. The van der Waals surface area contributed by atoms with E-state index in [9.17, 15) is 0 Å². The third-order valence-electron chi connectivity index (χ3n) is 4.55. The molecule has 142 valence electrons. The molecule has 2 aromatic heterocycles. The van der Waals surface area contributed by atoms with Crippen molar-refractivity contribution in [3.63, 3.8) is 0 Å². The van der Waals surface area contributed by atoms with Gasteiger partial charge >= 0.3 is 0 Å². The van der Waals surface area contributed by atoms with Gasteiger partial charge in [0.15, 0.2) is 5.96 Å². The van der Waals surface area contributed by atoms with Crippen molar-refractivity contribution < 1.29 is 4.52 Å². The third kappa shape index (κ3) is 4.63. The van der Waals surface area contributed by atoms with Crippen molar-refractivity contribution in [3.8, 4) is 0 Å². The monoisotopic (exact) mass is 471 g/mol. The van der Waals surface area contributed by atoms with E-state index in [-0.39, 0.29) is 29.9 Å². The van der Waals surface area contributed by atoms with Crippen molar-refractivity contribution >= 4 is 35.9 Å². The minimum absolute atomic E-state index is 0. The molecule has 2 N–H and O–H groups in total. The summed E-state index contributed by atoms with van der Waals surface area (Å²) in [4.78, 5) is 17.5. The SMILES string of the molecule is Cc1noc(C)c1C(C)CN=C(N)N1CCN(c2ncccn2)CC1.I. The number of halogens is 1. The molecule has 0 aromatic carbocycles. The van der Waals surface area contributed by atoms with Gasteiger partial charge in [-0.2, -0.15) is 0 Å². The molecule has 0 spiro atoms. The molecule has 0 amide bonds. The fourth-order valence-corrected chi connectivity index (χ4v) is 3.21. The van der Waals surface area contributed by atoms with Crippen molar-refractivity contribution in [2.24, 2.45) is 10.7 Å². The summed E-state index contributed by atoms with van der Waals surface area (Å²) in [6, 6.07) is 1.82. The zero-order chi connectivity index (χ0) is 17.8. The third-order valence-corrected chi connectivity index (χ3v) is 4.55. The van der Waals surface area contributed by atoms with Crippen LogP contribution in [0.1, 0.15) is 29.9 Å². The van der Waals surface area contributed by atoms with Gasteiger partial charge in [-0.1, -0.05) is 12.1 Å². The van der Waals surface area contributed by atoms with Crippen molar-refractivity contribution in [3.05, 3.63) is 35.5 Å². The first-order chi connectivity index (χ1) is 12.1. The van der Waals surface area contributed by atoms with E-state index in [2.05, 4.69) is 36.8 Å². The standard InChI is InChI=1S/C17H25N7O.HI/c1-12(15-13(2)22-25-14(15)3)11-21-16(18)23-7-9-24(10-8-23)17-19-5-4-6-20-17;/h4-6,12H,7-11H2,1-3H3,(H2,18,21);1H. The summed E-state index contributed by atoms with van der Waals surface area (Å²) in [5.41, 5.74) is 8.25. The Morgan fingerprint density at radius 3 is 2.46 bits per heavy atom. The Morgan fingerprint density at radius 1 is 1.23 bits per heavy atom. The van der Waals surface area contributed by atoms with E-state index in [1.807, 2.05) is 19.9 Å². The molecule has 26 heavy (non-hydrogen) atoms. The molecule has 1 aliphatic heterocycles. The minimum Gasteiger partial charge on any atom is -0.370 e. The van der Waals surface area contributed by atoms with Gasteiger partial charge in [0.2, 0.25) is 5.95 Å². The summed E-state index contributed by atoms with van der Waals surface area (Å²) in [5.74, 6) is 2.44. The molecule has 0 aliphatic carbocycles. The topological polar surface area (TPSA) is 96.7 Å². The lowest BCUT2D eigenvalue weighted by Gasteiger charge is -2.35. The Bertz CT molecular complexity index is 706. The van der Waals surface area contributed by atoms with Crippen molar-refractivity contribution in [2.75, 3.05) is 37.6 Å². The highest BCUT2D eigenvalue weighted by Crippen LogP contribution is 2.23. The number of hydrogen-bond acceptors (Lipinski definition) is 6. The first kappa shape index (κ1) is 20.4. The molecule has 1 aliphatic rings. The lowest BCUT2D eigenvalue weighted by molar-refractivity contribution is 0.377. The number of aliphatic imine (C=N–C) groups is 1. The fraction of sp³-hybridized carbons (Fsp3) is 0.529. The summed E-state index contributed by atoms with van der Waals surface area (Å²) < 4.78 is 5.24. The Labute approximate surface area is 170 Å². The van der Waals surface area contributed by atoms with Gasteiger partial charge in [-0.05, 0) is 19.9 Å². The fourth-order valence-electron chi connectivity index (χ4n) is 3.21. The highest BCUT2D eigenvalue weighted by Gasteiger charge is 2.21. The second-order valence-electron chi connectivity index (χ2n) is 6.36. The number of nitrogens with zero attached hydrogens (tertiary/aromatic N) is 6. The molecule has 0 saturated carbocycles. The Balaban J connectivity index is 0.00000243. The number of anilines is 1. The van der Waals surface area contributed by atoms with Gasteiger partial charge in [-0.15, -0.1) is 24.0 Å².